The number of hydrogen-bond acceptors (Lipinski definition) is 4. The monoisotopic (exact) mass is 353 g/mol. The molecular formula is C22H31N3O. The van der Waals surface area contributed by atoms with E-state index in [4.69, 9.17) is 14.7 Å². The Morgan fingerprint density at radius 3 is 2.42 bits per heavy atom. The van der Waals surface area contributed by atoms with Crippen LogP contribution in [-0.2, 0) is 6.42 Å². The lowest BCUT2D eigenvalue weighted by atomic mass is 10.0. The first-order chi connectivity index (χ1) is 12.6. The van der Waals surface area contributed by atoms with E-state index in [1.54, 1.807) is 7.11 Å². The number of ether oxygens (including phenoxy) is 1. The second kappa shape index (κ2) is 8.63. The van der Waals surface area contributed by atoms with Gasteiger partial charge in [-0.3, -0.25) is 0 Å². The van der Waals surface area contributed by atoms with E-state index in [1.807, 2.05) is 12.1 Å². The lowest BCUT2D eigenvalue weighted by Crippen LogP contribution is -2.21. The molecule has 0 saturated heterocycles. The summed E-state index contributed by atoms with van der Waals surface area (Å²) in [4.78, 5) is 12.4. The van der Waals surface area contributed by atoms with Gasteiger partial charge in [0.15, 0.2) is 0 Å². The normalized spacial score (nSPS) is 15.0. The topological polar surface area (TPSA) is 38.2 Å². The first-order valence-electron chi connectivity index (χ1n) is 9.82. The van der Waals surface area contributed by atoms with E-state index < -0.39 is 0 Å². The van der Waals surface area contributed by atoms with Crippen molar-refractivity contribution in [3.8, 4) is 17.0 Å². The van der Waals surface area contributed by atoms with Crippen LogP contribution in [0, 0.1) is 6.92 Å². The van der Waals surface area contributed by atoms with Crippen LogP contribution in [0.4, 0.5) is 0 Å². The Morgan fingerprint density at radius 2 is 1.81 bits per heavy atom. The molecule has 0 amide bonds. The van der Waals surface area contributed by atoms with E-state index >= 15 is 0 Å². The maximum Gasteiger partial charge on any atom is 0.132 e. The molecule has 4 nitrogen and oxygen atoms in total. The van der Waals surface area contributed by atoms with Crippen LogP contribution in [0.5, 0.6) is 5.75 Å². The number of methoxy groups -OCH3 is 1. The molecule has 0 aliphatic heterocycles. The molecule has 0 bridgehead atoms. The summed E-state index contributed by atoms with van der Waals surface area (Å²) in [5.74, 6) is 2.45. The summed E-state index contributed by atoms with van der Waals surface area (Å²) >= 11 is 0. The van der Waals surface area contributed by atoms with Gasteiger partial charge in [-0.15, -0.1) is 0 Å². The Hall–Kier alpha value is -1.94. The van der Waals surface area contributed by atoms with Gasteiger partial charge in [0, 0.05) is 30.1 Å². The highest BCUT2D eigenvalue weighted by molar-refractivity contribution is 5.64. The summed E-state index contributed by atoms with van der Waals surface area (Å²) < 4.78 is 5.30. The fraction of sp³-hybridized carbons (Fsp3) is 0.545. The van der Waals surface area contributed by atoms with Gasteiger partial charge in [-0.05, 0) is 63.2 Å². The van der Waals surface area contributed by atoms with Crippen molar-refractivity contribution >= 4 is 0 Å². The molecule has 0 spiro atoms. The molecule has 1 aliphatic carbocycles. The highest BCUT2D eigenvalue weighted by atomic mass is 16.5. The third-order valence-electron chi connectivity index (χ3n) is 5.62. The van der Waals surface area contributed by atoms with Crippen LogP contribution < -0.4 is 4.74 Å². The van der Waals surface area contributed by atoms with E-state index in [2.05, 4.69) is 37.9 Å². The van der Waals surface area contributed by atoms with Crippen LogP contribution in [0.25, 0.3) is 11.3 Å². The largest absolute Gasteiger partial charge is 0.497 e. The molecule has 26 heavy (non-hydrogen) atoms. The van der Waals surface area contributed by atoms with Gasteiger partial charge in [0.1, 0.15) is 11.6 Å². The number of benzene rings is 1. The second-order valence-electron chi connectivity index (χ2n) is 7.36. The molecular weight excluding hydrogens is 322 g/mol. The number of likely N-dealkylation sites (N-methyl/N-ethyl adjacent to an activating group) is 1. The quantitative estimate of drug-likeness (QED) is 0.728. The molecule has 0 atom stereocenters. The van der Waals surface area contributed by atoms with Crippen molar-refractivity contribution in [1.82, 2.24) is 14.9 Å². The zero-order valence-electron chi connectivity index (χ0n) is 16.6. The van der Waals surface area contributed by atoms with Crippen LogP contribution in [0.2, 0.25) is 0 Å². The molecule has 1 aromatic carbocycles. The first-order valence-corrected chi connectivity index (χ1v) is 9.82. The number of rotatable bonds is 7. The summed E-state index contributed by atoms with van der Waals surface area (Å²) in [5, 5.41) is 0. The predicted octanol–water partition coefficient (Wildman–Crippen LogP) is 4.61. The number of aromatic nitrogens is 2. The van der Waals surface area contributed by atoms with Gasteiger partial charge in [0.2, 0.25) is 0 Å². The van der Waals surface area contributed by atoms with Crippen molar-refractivity contribution in [2.75, 3.05) is 27.2 Å². The summed E-state index contributed by atoms with van der Waals surface area (Å²) in [7, 11) is 3.87. The smallest absolute Gasteiger partial charge is 0.132 e. The van der Waals surface area contributed by atoms with Crippen LogP contribution in [-0.4, -0.2) is 42.1 Å². The van der Waals surface area contributed by atoms with E-state index in [-0.39, 0.29) is 0 Å². The minimum atomic E-state index is 0.523. The first kappa shape index (κ1) is 18.8. The zero-order valence-corrected chi connectivity index (χ0v) is 16.6. The van der Waals surface area contributed by atoms with Gasteiger partial charge in [0.05, 0.1) is 12.8 Å². The minimum Gasteiger partial charge on any atom is -0.497 e. The van der Waals surface area contributed by atoms with Crippen LogP contribution in [0.15, 0.2) is 24.3 Å². The Balaban J connectivity index is 1.98. The van der Waals surface area contributed by atoms with Gasteiger partial charge >= 0.3 is 0 Å². The Bertz CT molecular complexity index is 721. The molecule has 1 heterocycles. The van der Waals surface area contributed by atoms with Gasteiger partial charge < -0.3 is 9.64 Å². The lowest BCUT2D eigenvalue weighted by Gasteiger charge is -2.18. The predicted molar refractivity (Wildman–Crippen MR) is 107 cm³/mol. The minimum absolute atomic E-state index is 0.523. The molecule has 1 fully saturated rings. The Kier molecular flexibility index (Phi) is 6.25. The fourth-order valence-electron chi connectivity index (χ4n) is 3.68. The zero-order chi connectivity index (χ0) is 18.5. The van der Waals surface area contributed by atoms with Gasteiger partial charge in [-0.1, -0.05) is 19.8 Å². The average molecular weight is 354 g/mol. The molecule has 2 aromatic rings. The second-order valence-corrected chi connectivity index (χ2v) is 7.36. The van der Waals surface area contributed by atoms with E-state index in [0.29, 0.717) is 5.92 Å². The van der Waals surface area contributed by atoms with Crippen LogP contribution in [0.1, 0.15) is 55.6 Å². The highest BCUT2D eigenvalue weighted by Crippen LogP contribution is 2.34. The maximum atomic E-state index is 5.30. The van der Waals surface area contributed by atoms with E-state index in [9.17, 15) is 0 Å². The average Bonchev–Trinajstić information content (AvgIpc) is 3.22. The van der Waals surface area contributed by atoms with Gasteiger partial charge in [-0.2, -0.15) is 0 Å². The fourth-order valence-corrected chi connectivity index (χ4v) is 3.68. The molecule has 0 unspecified atom stereocenters. The van der Waals surface area contributed by atoms with Gasteiger partial charge in [-0.25, -0.2) is 9.97 Å². The number of nitrogens with zero attached hydrogens (tertiary/aromatic N) is 3. The molecule has 0 N–H and O–H groups in total. The van der Waals surface area contributed by atoms with Crippen molar-refractivity contribution in [2.24, 2.45) is 0 Å². The standard InChI is InChI=1S/C22H31N3O/c1-5-25(3)15-14-20-16(2)21(17-10-12-19(26-4)13-11-17)24-22(23-20)18-8-6-7-9-18/h10-13,18H,5-9,14-15H2,1-4H3. The van der Waals surface area contributed by atoms with Crippen molar-refractivity contribution in [1.29, 1.82) is 0 Å². The summed E-state index contributed by atoms with van der Waals surface area (Å²) in [6.45, 7) is 6.45. The molecule has 1 aromatic heterocycles. The third-order valence-corrected chi connectivity index (χ3v) is 5.62. The Morgan fingerprint density at radius 1 is 1.12 bits per heavy atom. The molecule has 3 rings (SSSR count). The molecule has 0 radical (unpaired) electrons. The van der Waals surface area contributed by atoms with Crippen LogP contribution >= 0.6 is 0 Å². The summed E-state index contributed by atoms with van der Waals surface area (Å²) in [6.07, 6.45) is 6.02. The molecule has 1 aliphatic rings. The molecule has 140 valence electrons. The van der Waals surface area contributed by atoms with Crippen molar-refractivity contribution < 1.29 is 4.74 Å². The van der Waals surface area contributed by atoms with Crippen LogP contribution in [0.3, 0.4) is 0 Å². The number of hydrogen-bond donors (Lipinski definition) is 0. The van der Waals surface area contributed by atoms with Crippen molar-refractivity contribution in [3.63, 3.8) is 0 Å². The highest BCUT2D eigenvalue weighted by Gasteiger charge is 2.22. The lowest BCUT2D eigenvalue weighted by molar-refractivity contribution is 0.355. The Labute approximate surface area is 157 Å². The van der Waals surface area contributed by atoms with Crippen molar-refractivity contribution in [2.45, 2.75) is 51.9 Å². The third kappa shape index (κ3) is 4.24. The van der Waals surface area contributed by atoms with Gasteiger partial charge in [0.25, 0.3) is 0 Å². The molecule has 1 saturated carbocycles. The summed E-state index contributed by atoms with van der Waals surface area (Å²) in [6, 6.07) is 8.23. The van der Waals surface area contributed by atoms with Crippen molar-refractivity contribution in [3.05, 3.63) is 41.3 Å². The SMILES string of the molecule is CCN(C)CCc1nc(C2CCCC2)nc(-c2ccc(OC)cc2)c1C. The summed E-state index contributed by atoms with van der Waals surface area (Å²) in [5.41, 5.74) is 4.64. The van der Waals surface area contributed by atoms with E-state index in [0.717, 1.165) is 42.3 Å². The maximum absolute atomic E-state index is 5.30. The molecule has 4 heteroatoms. The van der Waals surface area contributed by atoms with E-state index in [1.165, 1.54) is 36.9 Å².